The topological polar surface area (TPSA) is 129 Å². The number of urea groups is 1. The lowest BCUT2D eigenvalue weighted by molar-refractivity contribution is -0.384. The maximum Gasteiger partial charge on any atom is 0.319 e. The number of para-hydroxylation sites is 1. The molecule has 1 aliphatic rings. The Bertz CT molecular complexity index is 1430. The summed E-state index contributed by atoms with van der Waals surface area (Å²) in [5.74, 6) is -0.272. The molecule has 37 heavy (non-hydrogen) atoms. The average molecular weight is 498 g/mol. The summed E-state index contributed by atoms with van der Waals surface area (Å²) in [7, 11) is 0. The smallest absolute Gasteiger partial charge is 0.319 e. The zero-order chi connectivity index (χ0) is 25.8. The Morgan fingerprint density at radius 2 is 1.68 bits per heavy atom. The Labute approximate surface area is 213 Å². The van der Waals surface area contributed by atoms with Crippen LogP contribution in [-0.4, -0.2) is 34.4 Å². The number of rotatable bonds is 9. The summed E-state index contributed by atoms with van der Waals surface area (Å²) < 4.78 is 0. The molecule has 9 heteroatoms. The standard InChI is InChI=1S/C28H27N5O4/c34-26(30-18-28(14-15-28)20-6-2-1-3-7-20)25(16-19-17-29-24-9-5-4-8-23(19)24)32-27(35)31-21-10-12-22(13-11-21)33(36)37/h1-13,17,25,29H,14-16,18H2,(H,30,34)(H2,31,32,35)/t25-/m1/s1. The molecule has 4 N–H and O–H groups in total. The van der Waals surface area contributed by atoms with E-state index in [2.05, 4.69) is 33.1 Å². The van der Waals surface area contributed by atoms with Crippen molar-refractivity contribution < 1.29 is 14.5 Å². The van der Waals surface area contributed by atoms with Crippen molar-refractivity contribution in [2.75, 3.05) is 11.9 Å². The predicted octanol–water partition coefficient (Wildman–Crippen LogP) is 4.66. The molecule has 3 amide bonds. The van der Waals surface area contributed by atoms with Crippen molar-refractivity contribution in [1.82, 2.24) is 15.6 Å². The summed E-state index contributed by atoms with van der Waals surface area (Å²) in [4.78, 5) is 39.8. The van der Waals surface area contributed by atoms with Crippen molar-refractivity contribution in [1.29, 1.82) is 0 Å². The Kier molecular flexibility index (Phi) is 6.59. The molecule has 1 atom stereocenters. The highest BCUT2D eigenvalue weighted by molar-refractivity contribution is 5.94. The molecule has 0 bridgehead atoms. The van der Waals surface area contributed by atoms with E-state index in [0.29, 0.717) is 18.7 Å². The van der Waals surface area contributed by atoms with Crippen molar-refractivity contribution in [2.24, 2.45) is 0 Å². The second kappa shape index (κ2) is 10.1. The fourth-order valence-corrected chi connectivity index (χ4v) is 4.61. The monoisotopic (exact) mass is 497 g/mol. The summed E-state index contributed by atoms with van der Waals surface area (Å²) >= 11 is 0. The van der Waals surface area contributed by atoms with Gasteiger partial charge in [-0.15, -0.1) is 0 Å². The molecule has 5 rings (SSSR count). The number of aromatic amines is 1. The molecule has 3 aromatic carbocycles. The lowest BCUT2D eigenvalue weighted by atomic mass is 9.95. The van der Waals surface area contributed by atoms with Crippen molar-refractivity contribution in [3.05, 3.63) is 106 Å². The second-order valence-electron chi connectivity index (χ2n) is 9.38. The maximum atomic E-state index is 13.4. The van der Waals surface area contributed by atoms with Crippen molar-refractivity contribution >= 4 is 34.2 Å². The number of hydrogen-bond donors (Lipinski definition) is 4. The van der Waals surface area contributed by atoms with Crippen LogP contribution in [0.5, 0.6) is 0 Å². The number of non-ortho nitro benzene ring substituents is 1. The van der Waals surface area contributed by atoms with Gasteiger partial charge in [-0.3, -0.25) is 14.9 Å². The highest BCUT2D eigenvalue weighted by Crippen LogP contribution is 2.47. The number of nitrogens with zero attached hydrogens (tertiary/aromatic N) is 1. The van der Waals surface area contributed by atoms with Gasteiger partial charge in [0.25, 0.3) is 5.69 Å². The first-order valence-electron chi connectivity index (χ1n) is 12.1. The summed E-state index contributed by atoms with van der Waals surface area (Å²) in [6.07, 6.45) is 4.14. The van der Waals surface area contributed by atoms with E-state index in [4.69, 9.17) is 0 Å². The molecule has 1 aliphatic carbocycles. The van der Waals surface area contributed by atoms with Crippen molar-refractivity contribution in [2.45, 2.75) is 30.7 Å². The third-order valence-corrected chi connectivity index (χ3v) is 6.90. The van der Waals surface area contributed by atoms with Crippen LogP contribution in [0.2, 0.25) is 0 Å². The van der Waals surface area contributed by atoms with E-state index < -0.39 is 17.0 Å². The van der Waals surface area contributed by atoms with E-state index >= 15 is 0 Å². The number of anilines is 1. The van der Waals surface area contributed by atoms with E-state index in [1.54, 1.807) is 0 Å². The Balaban J connectivity index is 1.30. The lowest BCUT2D eigenvalue weighted by Gasteiger charge is -2.22. The Morgan fingerprint density at radius 1 is 0.973 bits per heavy atom. The molecular weight excluding hydrogens is 470 g/mol. The predicted molar refractivity (Wildman–Crippen MR) is 141 cm³/mol. The quantitative estimate of drug-likeness (QED) is 0.198. The molecule has 0 radical (unpaired) electrons. The van der Waals surface area contributed by atoms with Crippen LogP contribution < -0.4 is 16.0 Å². The number of aromatic nitrogens is 1. The molecule has 0 aliphatic heterocycles. The number of benzene rings is 3. The molecule has 1 fully saturated rings. The van der Waals surface area contributed by atoms with Crippen molar-refractivity contribution in [3.8, 4) is 0 Å². The van der Waals surface area contributed by atoms with Gasteiger partial charge in [-0.1, -0.05) is 48.5 Å². The number of carbonyl (C=O) groups excluding carboxylic acids is 2. The maximum absolute atomic E-state index is 13.4. The Hall–Kier alpha value is -4.66. The first-order valence-corrected chi connectivity index (χ1v) is 12.1. The summed E-state index contributed by atoms with van der Waals surface area (Å²) in [6.45, 7) is 0.492. The van der Waals surface area contributed by atoms with Crippen LogP contribution >= 0.6 is 0 Å². The van der Waals surface area contributed by atoms with E-state index in [1.807, 2.05) is 48.7 Å². The second-order valence-corrected chi connectivity index (χ2v) is 9.38. The molecule has 0 saturated heterocycles. The number of hydrogen-bond acceptors (Lipinski definition) is 4. The number of fused-ring (bicyclic) bond motifs is 1. The minimum atomic E-state index is -0.830. The average Bonchev–Trinajstić information content (AvgIpc) is 3.61. The van der Waals surface area contributed by atoms with E-state index in [1.165, 1.54) is 29.8 Å². The van der Waals surface area contributed by atoms with Crippen LogP contribution in [0, 0.1) is 10.1 Å². The number of H-pyrrole nitrogens is 1. The molecule has 4 aromatic rings. The van der Waals surface area contributed by atoms with Crippen LogP contribution in [0.1, 0.15) is 24.0 Å². The van der Waals surface area contributed by atoms with Crippen LogP contribution in [0.3, 0.4) is 0 Å². The molecule has 1 heterocycles. The zero-order valence-electron chi connectivity index (χ0n) is 20.1. The van der Waals surface area contributed by atoms with Gasteiger partial charge in [0.2, 0.25) is 5.91 Å². The van der Waals surface area contributed by atoms with Gasteiger partial charge in [-0.2, -0.15) is 0 Å². The summed E-state index contributed by atoms with van der Waals surface area (Å²) in [6, 6.07) is 22.0. The molecule has 0 spiro atoms. The number of nitro groups is 1. The largest absolute Gasteiger partial charge is 0.361 e. The molecular formula is C28H27N5O4. The number of amides is 3. The fraction of sp³-hybridized carbons (Fsp3) is 0.214. The van der Waals surface area contributed by atoms with Gasteiger partial charge in [0, 0.05) is 53.3 Å². The van der Waals surface area contributed by atoms with Gasteiger partial charge >= 0.3 is 6.03 Å². The van der Waals surface area contributed by atoms with Gasteiger partial charge in [-0.05, 0) is 42.2 Å². The van der Waals surface area contributed by atoms with Crippen LogP contribution in [0.15, 0.2) is 85.1 Å². The first kappa shape index (κ1) is 24.1. The summed E-state index contributed by atoms with van der Waals surface area (Å²) in [5, 5.41) is 20.4. The minimum absolute atomic E-state index is 0.0662. The molecule has 1 aromatic heterocycles. The lowest BCUT2D eigenvalue weighted by Crippen LogP contribution is -2.50. The minimum Gasteiger partial charge on any atom is -0.361 e. The van der Waals surface area contributed by atoms with Gasteiger partial charge in [0.05, 0.1) is 4.92 Å². The van der Waals surface area contributed by atoms with Gasteiger partial charge in [0.15, 0.2) is 0 Å². The fourth-order valence-electron chi connectivity index (χ4n) is 4.61. The number of carbonyl (C=O) groups is 2. The highest BCUT2D eigenvalue weighted by atomic mass is 16.6. The van der Waals surface area contributed by atoms with Crippen LogP contribution in [-0.2, 0) is 16.6 Å². The third-order valence-electron chi connectivity index (χ3n) is 6.90. The van der Waals surface area contributed by atoms with E-state index in [0.717, 1.165) is 29.3 Å². The first-order chi connectivity index (χ1) is 17.9. The number of nitrogens with one attached hydrogen (secondary N) is 4. The number of nitro benzene ring substituents is 1. The van der Waals surface area contributed by atoms with Gasteiger partial charge in [-0.25, -0.2) is 4.79 Å². The summed E-state index contributed by atoms with van der Waals surface area (Å²) in [5.41, 5.74) is 3.31. The van der Waals surface area contributed by atoms with Crippen LogP contribution in [0.25, 0.3) is 10.9 Å². The molecule has 9 nitrogen and oxygen atoms in total. The normalized spacial score (nSPS) is 14.5. The SMILES string of the molecule is O=C(Nc1ccc([N+](=O)[O-])cc1)N[C@H](Cc1c[nH]c2ccccc12)C(=O)NCC1(c2ccccc2)CC1. The third kappa shape index (κ3) is 5.45. The molecule has 0 unspecified atom stereocenters. The molecule has 1 saturated carbocycles. The van der Waals surface area contributed by atoms with Crippen molar-refractivity contribution in [3.63, 3.8) is 0 Å². The zero-order valence-corrected chi connectivity index (χ0v) is 20.1. The Morgan fingerprint density at radius 3 is 2.38 bits per heavy atom. The van der Waals surface area contributed by atoms with Gasteiger partial charge < -0.3 is 20.9 Å². The van der Waals surface area contributed by atoms with Crippen LogP contribution in [0.4, 0.5) is 16.2 Å². The van der Waals surface area contributed by atoms with E-state index in [9.17, 15) is 19.7 Å². The molecule has 188 valence electrons. The van der Waals surface area contributed by atoms with Gasteiger partial charge in [0.1, 0.15) is 6.04 Å². The van der Waals surface area contributed by atoms with E-state index in [-0.39, 0.29) is 17.0 Å². The highest BCUT2D eigenvalue weighted by Gasteiger charge is 2.44.